The predicted octanol–water partition coefficient (Wildman–Crippen LogP) is 3.34. The van der Waals surface area contributed by atoms with Crippen molar-refractivity contribution < 1.29 is 9.59 Å². The van der Waals surface area contributed by atoms with Crippen LogP contribution >= 0.6 is 12.2 Å². The molecule has 5 nitrogen and oxygen atoms in total. The van der Waals surface area contributed by atoms with E-state index in [-0.39, 0.29) is 16.1 Å². The van der Waals surface area contributed by atoms with E-state index >= 15 is 0 Å². The highest BCUT2D eigenvalue weighted by molar-refractivity contribution is 7.80. The number of allylic oxidation sites excluding steroid dienone is 4. The van der Waals surface area contributed by atoms with Gasteiger partial charge in [0.1, 0.15) is 5.57 Å². The third-order valence-corrected chi connectivity index (χ3v) is 4.97. The summed E-state index contributed by atoms with van der Waals surface area (Å²) in [6, 6.07) is 8.37. The fraction of sp³-hybridized carbons (Fsp3) is 0.318. The molecule has 0 aromatic heterocycles. The van der Waals surface area contributed by atoms with Gasteiger partial charge in [-0.3, -0.25) is 20.2 Å². The van der Waals surface area contributed by atoms with Crippen molar-refractivity contribution in [3.8, 4) is 0 Å². The van der Waals surface area contributed by atoms with Crippen LogP contribution in [0.15, 0.2) is 53.1 Å². The minimum Gasteiger partial charge on any atom is -0.378 e. The number of carbonyl (C=O) groups excluding carboxylic acids is 2. The molecule has 1 aliphatic carbocycles. The zero-order valence-corrected chi connectivity index (χ0v) is 17.4. The summed E-state index contributed by atoms with van der Waals surface area (Å²) >= 11 is 4.85. The van der Waals surface area contributed by atoms with Gasteiger partial charge < -0.3 is 4.90 Å². The van der Waals surface area contributed by atoms with E-state index in [0.717, 1.165) is 29.7 Å². The van der Waals surface area contributed by atoms with Crippen LogP contribution in [0.4, 0.5) is 5.69 Å². The monoisotopic (exact) mass is 395 g/mol. The van der Waals surface area contributed by atoms with Gasteiger partial charge in [0.15, 0.2) is 5.11 Å². The van der Waals surface area contributed by atoms with Crippen LogP contribution < -0.4 is 15.5 Å². The molecule has 1 saturated heterocycles. The molecule has 2 amide bonds. The SMILES string of the molecule is CN(C)c1ccc(C=C2C=C(C=C3C(=O)NC(=S)NC3=O)CC(C)(C)C2)cc1. The molecule has 1 aromatic carbocycles. The summed E-state index contributed by atoms with van der Waals surface area (Å²) < 4.78 is 0. The Morgan fingerprint density at radius 1 is 1.00 bits per heavy atom. The molecule has 1 aliphatic heterocycles. The summed E-state index contributed by atoms with van der Waals surface area (Å²) in [6.07, 6.45) is 7.63. The van der Waals surface area contributed by atoms with E-state index in [4.69, 9.17) is 12.2 Å². The smallest absolute Gasteiger partial charge is 0.263 e. The number of benzene rings is 1. The summed E-state index contributed by atoms with van der Waals surface area (Å²) in [5.74, 6) is -0.911. The first-order valence-corrected chi connectivity index (χ1v) is 9.61. The Balaban J connectivity index is 1.92. The van der Waals surface area contributed by atoms with Crippen LogP contribution in [0, 0.1) is 5.41 Å². The van der Waals surface area contributed by atoms with Gasteiger partial charge in [0.25, 0.3) is 11.8 Å². The molecule has 1 aromatic rings. The minimum absolute atomic E-state index is 0.0352. The van der Waals surface area contributed by atoms with Crippen molar-refractivity contribution in [3.63, 3.8) is 0 Å². The fourth-order valence-corrected chi connectivity index (χ4v) is 3.75. The number of hydrogen-bond donors (Lipinski definition) is 2. The maximum absolute atomic E-state index is 12.1. The molecule has 0 radical (unpaired) electrons. The number of thiocarbonyl (C=S) groups is 1. The Labute approximate surface area is 171 Å². The molecule has 2 N–H and O–H groups in total. The molecule has 1 fully saturated rings. The number of carbonyl (C=O) groups is 2. The molecular formula is C22H25N3O2S. The van der Waals surface area contributed by atoms with Crippen LogP contribution in [0.1, 0.15) is 32.3 Å². The van der Waals surface area contributed by atoms with Gasteiger partial charge in [0.05, 0.1) is 0 Å². The summed E-state index contributed by atoms with van der Waals surface area (Å²) in [6.45, 7) is 4.38. The first kappa shape index (κ1) is 20.0. The third kappa shape index (κ3) is 4.75. The molecule has 28 heavy (non-hydrogen) atoms. The van der Waals surface area contributed by atoms with E-state index in [1.54, 1.807) is 6.08 Å². The maximum Gasteiger partial charge on any atom is 0.263 e. The van der Waals surface area contributed by atoms with E-state index in [1.807, 2.05) is 14.1 Å². The number of rotatable bonds is 3. The molecule has 1 heterocycles. The van der Waals surface area contributed by atoms with E-state index in [9.17, 15) is 9.59 Å². The molecular weight excluding hydrogens is 370 g/mol. The molecule has 0 saturated carbocycles. The number of anilines is 1. The van der Waals surface area contributed by atoms with Gasteiger partial charge in [0, 0.05) is 19.8 Å². The van der Waals surface area contributed by atoms with Gasteiger partial charge in [-0.05, 0) is 65.4 Å². The van der Waals surface area contributed by atoms with Crippen LogP contribution in [0.3, 0.4) is 0 Å². The van der Waals surface area contributed by atoms with Gasteiger partial charge in [0.2, 0.25) is 0 Å². The molecule has 3 rings (SSSR count). The Hall–Kier alpha value is -2.73. The van der Waals surface area contributed by atoms with Crippen molar-refractivity contribution in [1.82, 2.24) is 10.6 Å². The number of nitrogens with zero attached hydrogens (tertiary/aromatic N) is 1. The average Bonchev–Trinajstić information content (AvgIpc) is 2.57. The lowest BCUT2D eigenvalue weighted by molar-refractivity contribution is -0.123. The summed E-state index contributed by atoms with van der Waals surface area (Å²) in [5.41, 5.74) is 4.54. The Bertz CT molecular complexity index is 900. The normalized spacial score (nSPS) is 20.4. The first-order valence-electron chi connectivity index (χ1n) is 9.20. The molecule has 0 bridgehead atoms. The quantitative estimate of drug-likeness (QED) is 0.468. The van der Waals surface area contributed by atoms with Crippen LogP contribution in [-0.4, -0.2) is 31.0 Å². The highest BCUT2D eigenvalue weighted by Crippen LogP contribution is 2.39. The highest BCUT2D eigenvalue weighted by Gasteiger charge is 2.29. The zero-order chi connectivity index (χ0) is 20.5. The maximum atomic E-state index is 12.1. The molecule has 146 valence electrons. The number of hydrogen-bond acceptors (Lipinski definition) is 4. The van der Waals surface area contributed by atoms with Crippen molar-refractivity contribution in [2.45, 2.75) is 26.7 Å². The van der Waals surface area contributed by atoms with Crippen molar-refractivity contribution in [3.05, 3.63) is 58.7 Å². The van der Waals surface area contributed by atoms with Crippen molar-refractivity contribution in [2.75, 3.05) is 19.0 Å². The average molecular weight is 396 g/mol. The largest absolute Gasteiger partial charge is 0.378 e. The topological polar surface area (TPSA) is 61.4 Å². The standard InChI is InChI=1S/C22H25N3O2S/c1-22(2)12-15(9-14-5-7-17(8-6-14)25(3)4)10-16(13-22)11-18-19(26)23-21(28)24-20(18)27/h5-11H,12-13H2,1-4H3,(H2,23,24,26,27,28). The number of nitrogens with one attached hydrogen (secondary N) is 2. The van der Waals surface area contributed by atoms with Crippen LogP contribution in [0.5, 0.6) is 0 Å². The summed E-state index contributed by atoms with van der Waals surface area (Å²) in [4.78, 5) is 26.3. The predicted molar refractivity (Wildman–Crippen MR) is 117 cm³/mol. The zero-order valence-electron chi connectivity index (χ0n) is 16.6. The van der Waals surface area contributed by atoms with Gasteiger partial charge in [-0.15, -0.1) is 0 Å². The summed E-state index contributed by atoms with van der Waals surface area (Å²) in [5, 5.41) is 5.01. The first-order chi connectivity index (χ1) is 13.1. The lowest BCUT2D eigenvalue weighted by Crippen LogP contribution is -2.51. The second-order valence-electron chi connectivity index (χ2n) is 8.24. The van der Waals surface area contributed by atoms with Crippen molar-refractivity contribution in [2.24, 2.45) is 5.41 Å². The molecule has 2 aliphatic rings. The lowest BCUT2D eigenvalue weighted by atomic mass is 9.74. The Morgan fingerprint density at radius 2 is 1.61 bits per heavy atom. The van der Waals surface area contributed by atoms with E-state index in [1.165, 1.54) is 5.57 Å². The molecule has 0 unspecified atom stereocenters. The van der Waals surface area contributed by atoms with E-state index in [2.05, 4.69) is 65.8 Å². The number of amides is 2. The van der Waals surface area contributed by atoms with Crippen LogP contribution in [0.25, 0.3) is 6.08 Å². The van der Waals surface area contributed by atoms with Gasteiger partial charge in [-0.2, -0.15) is 0 Å². The fourth-order valence-electron chi connectivity index (χ4n) is 3.57. The van der Waals surface area contributed by atoms with Crippen molar-refractivity contribution in [1.29, 1.82) is 0 Å². The van der Waals surface area contributed by atoms with Crippen LogP contribution in [0.2, 0.25) is 0 Å². The second-order valence-corrected chi connectivity index (χ2v) is 8.65. The van der Waals surface area contributed by atoms with Crippen LogP contribution in [-0.2, 0) is 9.59 Å². The molecule has 0 spiro atoms. The lowest BCUT2D eigenvalue weighted by Gasteiger charge is -2.31. The Kier molecular flexibility index (Phi) is 5.52. The second kappa shape index (κ2) is 7.72. The van der Waals surface area contributed by atoms with E-state index in [0.29, 0.717) is 0 Å². The third-order valence-electron chi connectivity index (χ3n) is 4.77. The highest BCUT2D eigenvalue weighted by atomic mass is 32.1. The Morgan fingerprint density at radius 3 is 2.18 bits per heavy atom. The summed E-state index contributed by atoms with van der Waals surface area (Å²) in [7, 11) is 4.04. The van der Waals surface area contributed by atoms with Gasteiger partial charge in [-0.1, -0.05) is 38.1 Å². The molecule has 0 atom stereocenters. The minimum atomic E-state index is -0.456. The van der Waals surface area contributed by atoms with Gasteiger partial charge in [-0.25, -0.2) is 0 Å². The molecule has 6 heteroatoms. The van der Waals surface area contributed by atoms with E-state index < -0.39 is 11.8 Å². The van der Waals surface area contributed by atoms with Crippen molar-refractivity contribution >= 4 is 40.9 Å². The van der Waals surface area contributed by atoms with Gasteiger partial charge >= 0.3 is 0 Å².